The smallest absolute Gasteiger partial charge is 0.257 e. The molecule has 1 aliphatic heterocycles. The molecule has 29 heavy (non-hydrogen) atoms. The van der Waals surface area contributed by atoms with Crippen LogP contribution in [0.3, 0.4) is 0 Å². The molecule has 0 spiro atoms. The van der Waals surface area contributed by atoms with E-state index in [1.54, 1.807) is 19.2 Å². The van der Waals surface area contributed by atoms with Crippen LogP contribution >= 0.6 is 0 Å². The van der Waals surface area contributed by atoms with Crippen LogP contribution in [0.5, 0.6) is 23.0 Å². The Labute approximate surface area is 171 Å². The first-order valence-electron chi connectivity index (χ1n) is 10.2. The van der Waals surface area contributed by atoms with E-state index in [2.05, 4.69) is 17.4 Å². The maximum atomic E-state index is 12.2. The van der Waals surface area contributed by atoms with Gasteiger partial charge < -0.3 is 24.3 Å². The zero-order valence-corrected chi connectivity index (χ0v) is 16.7. The highest BCUT2D eigenvalue weighted by atomic mass is 16.6. The van der Waals surface area contributed by atoms with Crippen LogP contribution in [-0.4, -0.2) is 39.4 Å². The van der Waals surface area contributed by atoms with Crippen molar-refractivity contribution in [2.45, 2.75) is 25.2 Å². The second-order valence-corrected chi connectivity index (χ2v) is 7.43. The zero-order chi connectivity index (χ0) is 20.1. The minimum Gasteiger partial charge on any atom is -0.493 e. The van der Waals surface area contributed by atoms with Gasteiger partial charge in [0.1, 0.15) is 13.2 Å². The number of nitrogens with one attached hydrogen (secondary N) is 1. The summed E-state index contributed by atoms with van der Waals surface area (Å²) < 4.78 is 22.2. The average molecular weight is 397 g/mol. The topological polar surface area (TPSA) is 66.0 Å². The summed E-state index contributed by atoms with van der Waals surface area (Å²) >= 11 is 0. The lowest BCUT2D eigenvalue weighted by atomic mass is 9.90. The van der Waals surface area contributed by atoms with E-state index in [4.69, 9.17) is 18.9 Å². The Morgan fingerprint density at radius 1 is 1.10 bits per heavy atom. The number of methoxy groups -OCH3 is 1. The van der Waals surface area contributed by atoms with Crippen molar-refractivity contribution in [1.29, 1.82) is 0 Å². The van der Waals surface area contributed by atoms with Gasteiger partial charge in [-0.05, 0) is 60.9 Å². The lowest BCUT2D eigenvalue weighted by Gasteiger charge is -2.22. The molecule has 1 heterocycles. The first-order valence-corrected chi connectivity index (χ1v) is 10.2. The molecule has 0 radical (unpaired) electrons. The quantitative estimate of drug-likeness (QED) is 0.701. The summed E-state index contributed by atoms with van der Waals surface area (Å²) in [5.41, 5.74) is 1.26. The summed E-state index contributed by atoms with van der Waals surface area (Å²) in [6.45, 7) is 1.77. The summed E-state index contributed by atoms with van der Waals surface area (Å²) in [5, 5.41) is 2.97. The van der Waals surface area contributed by atoms with Gasteiger partial charge in [-0.2, -0.15) is 0 Å². The Morgan fingerprint density at radius 3 is 2.62 bits per heavy atom. The van der Waals surface area contributed by atoms with E-state index in [0.717, 1.165) is 17.9 Å². The SMILES string of the molecule is COc1ccccc1OCC(=O)NCCC(c1ccc2c(c1)OCCO2)C1CC1. The van der Waals surface area contributed by atoms with Crippen molar-refractivity contribution in [2.24, 2.45) is 5.92 Å². The predicted molar refractivity (Wildman–Crippen MR) is 109 cm³/mol. The molecule has 6 nitrogen and oxygen atoms in total. The molecule has 4 rings (SSSR count). The van der Waals surface area contributed by atoms with Gasteiger partial charge in [0, 0.05) is 6.54 Å². The van der Waals surface area contributed by atoms with Crippen LogP contribution in [-0.2, 0) is 4.79 Å². The standard InChI is InChI=1S/C23H27NO5/c1-26-19-4-2-3-5-20(19)29-15-23(25)24-11-10-18(16-6-7-16)17-8-9-21-22(14-17)28-13-12-27-21/h2-5,8-9,14,16,18H,6-7,10-13,15H2,1H3,(H,24,25). The minimum absolute atomic E-state index is 0.0293. The third-order valence-electron chi connectivity index (χ3n) is 5.39. The molecule has 2 aromatic rings. The van der Waals surface area contributed by atoms with Gasteiger partial charge in [0.15, 0.2) is 29.6 Å². The number of carbonyl (C=O) groups excluding carboxylic acids is 1. The fourth-order valence-corrected chi connectivity index (χ4v) is 3.76. The van der Waals surface area contributed by atoms with E-state index in [1.807, 2.05) is 18.2 Å². The van der Waals surface area contributed by atoms with Gasteiger partial charge in [-0.15, -0.1) is 0 Å². The number of fused-ring (bicyclic) bond motifs is 1. The zero-order valence-electron chi connectivity index (χ0n) is 16.7. The number of amides is 1. The summed E-state index contributed by atoms with van der Waals surface area (Å²) in [5.74, 6) is 3.79. The van der Waals surface area contributed by atoms with Crippen molar-refractivity contribution in [1.82, 2.24) is 5.32 Å². The average Bonchev–Trinajstić information content (AvgIpc) is 3.60. The first kappa shape index (κ1) is 19.4. The Morgan fingerprint density at radius 2 is 1.86 bits per heavy atom. The summed E-state index contributed by atoms with van der Waals surface area (Å²) in [4.78, 5) is 12.2. The third-order valence-corrected chi connectivity index (χ3v) is 5.39. The number of ether oxygens (including phenoxy) is 4. The number of rotatable bonds is 9. The van der Waals surface area contributed by atoms with E-state index in [1.165, 1.54) is 18.4 Å². The van der Waals surface area contributed by atoms with E-state index < -0.39 is 0 Å². The lowest BCUT2D eigenvalue weighted by Crippen LogP contribution is -2.30. The molecule has 1 fully saturated rings. The Hall–Kier alpha value is -2.89. The molecule has 0 saturated heterocycles. The van der Waals surface area contributed by atoms with Gasteiger partial charge >= 0.3 is 0 Å². The maximum absolute atomic E-state index is 12.2. The molecule has 6 heteroatoms. The van der Waals surface area contributed by atoms with Gasteiger partial charge in [0.05, 0.1) is 7.11 Å². The van der Waals surface area contributed by atoms with Crippen molar-refractivity contribution in [2.75, 3.05) is 33.5 Å². The van der Waals surface area contributed by atoms with Crippen molar-refractivity contribution < 1.29 is 23.7 Å². The molecular weight excluding hydrogens is 370 g/mol. The van der Waals surface area contributed by atoms with Crippen LogP contribution in [0.15, 0.2) is 42.5 Å². The highest BCUT2D eigenvalue weighted by Crippen LogP contribution is 2.46. The van der Waals surface area contributed by atoms with Crippen molar-refractivity contribution in [3.8, 4) is 23.0 Å². The van der Waals surface area contributed by atoms with Gasteiger partial charge in [-0.3, -0.25) is 4.79 Å². The highest BCUT2D eigenvalue weighted by Gasteiger charge is 2.32. The first-order chi connectivity index (χ1) is 14.2. The molecule has 1 unspecified atom stereocenters. The minimum atomic E-state index is -0.132. The molecular formula is C23H27NO5. The fourth-order valence-electron chi connectivity index (χ4n) is 3.76. The van der Waals surface area contributed by atoms with Crippen LogP contribution in [0.25, 0.3) is 0 Å². The normalized spacial score (nSPS) is 16.0. The van der Waals surface area contributed by atoms with E-state index in [-0.39, 0.29) is 12.5 Å². The number of para-hydroxylation sites is 2. The van der Waals surface area contributed by atoms with Crippen LogP contribution in [0.2, 0.25) is 0 Å². The van der Waals surface area contributed by atoms with Crippen LogP contribution in [0.4, 0.5) is 0 Å². The second-order valence-electron chi connectivity index (χ2n) is 7.43. The van der Waals surface area contributed by atoms with Crippen molar-refractivity contribution in [3.63, 3.8) is 0 Å². The largest absolute Gasteiger partial charge is 0.493 e. The van der Waals surface area contributed by atoms with Crippen LogP contribution in [0, 0.1) is 5.92 Å². The molecule has 0 bridgehead atoms. The number of hydrogen-bond donors (Lipinski definition) is 1. The van der Waals surface area contributed by atoms with Gasteiger partial charge in [-0.1, -0.05) is 18.2 Å². The lowest BCUT2D eigenvalue weighted by molar-refractivity contribution is -0.123. The molecule has 2 aliphatic rings. The maximum Gasteiger partial charge on any atom is 0.257 e. The molecule has 154 valence electrons. The van der Waals surface area contributed by atoms with E-state index >= 15 is 0 Å². The Bertz CT molecular complexity index is 849. The van der Waals surface area contributed by atoms with Crippen LogP contribution in [0.1, 0.15) is 30.7 Å². The molecule has 1 atom stereocenters. The van der Waals surface area contributed by atoms with Gasteiger partial charge in [0.2, 0.25) is 0 Å². The van der Waals surface area contributed by atoms with E-state index in [9.17, 15) is 4.79 Å². The molecule has 2 aromatic carbocycles. The summed E-state index contributed by atoms with van der Waals surface area (Å²) in [6, 6.07) is 13.5. The second kappa shape index (κ2) is 9.07. The molecule has 1 N–H and O–H groups in total. The predicted octanol–water partition coefficient (Wildman–Crippen LogP) is 3.55. The van der Waals surface area contributed by atoms with Gasteiger partial charge in [0.25, 0.3) is 5.91 Å². The third kappa shape index (κ3) is 4.94. The number of benzene rings is 2. The number of hydrogen-bond acceptors (Lipinski definition) is 5. The van der Waals surface area contributed by atoms with Crippen molar-refractivity contribution in [3.05, 3.63) is 48.0 Å². The van der Waals surface area contributed by atoms with Crippen molar-refractivity contribution >= 4 is 5.91 Å². The molecule has 1 aliphatic carbocycles. The fraction of sp³-hybridized carbons (Fsp3) is 0.435. The summed E-state index contributed by atoms with van der Waals surface area (Å²) in [7, 11) is 1.58. The Kier molecular flexibility index (Phi) is 6.08. The highest BCUT2D eigenvalue weighted by molar-refractivity contribution is 5.77. The van der Waals surface area contributed by atoms with E-state index in [0.29, 0.717) is 43.1 Å². The van der Waals surface area contributed by atoms with Gasteiger partial charge in [-0.25, -0.2) is 0 Å². The number of carbonyl (C=O) groups is 1. The molecule has 0 aromatic heterocycles. The monoisotopic (exact) mass is 397 g/mol. The van der Waals surface area contributed by atoms with Crippen LogP contribution < -0.4 is 24.3 Å². The summed E-state index contributed by atoms with van der Waals surface area (Å²) in [6.07, 6.45) is 3.37. The molecule has 1 amide bonds. The Balaban J connectivity index is 1.28. The molecule has 1 saturated carbocycles.